The van der Waals surface area contributed by atoms with E-state index in [2.05, 4.69) is 5.10 Å². The Morgan fingerprint density at radius 2 is 2.10 bits per heavy atom. The van der Waals surface area contributed by atoms with Crippen LogP contribution in [0.1, 0.15) is 5.56 Å². The molecule has 1 aliphatic heterocycles. The SMILES string of the molecule is NC(=O)n1cc(-c2cccc3c2CCO3)c(S(N)(=O)=O)n1. The van der Waals surface area contributed by atoms with Crippen molar-refractivity contribution >= 4 is 16.1 Å². The van der Waals surface area contributed by atoms with E-state index in [4.69, 9.17) is 15.6 Å². The summed E-state index contributed by atoms with van der Waals surface area (Å²) in [6.07, 6.45) is 1.90. The highest BCUT2D eigenvalue weighted by Crippen LogP contribution is 2.36. The van der Waals surface area contributed by atoms with Crippen LogP contribution in [-0.2, 0) is 16.4 Å². The van der Waals surface area contributed by atoms with Gasteiger partial charge in [0.2, 0.25) is 0 Å². The summed E-state index contributed by atoms with van der Waals surface area (Å²) < 4.78 is 29.6. The standard InChI is InChI=1S/C12H12N4O4S/c13-12(17)16-6-9(11(15-16)21(14,18)19)7-2-1-3-10-8(7)4-5-20-10/h1-3,6H,4-5H2,(H2,13,17)(H2,14,18,19). The summed E-state index contributed by atoms with van der Waals surface area (Å²) in [5.74, 6) is 0.680. The molecule has 3 rings (SSSR count). The van der Waals surface area contributed by atoms with Crippen LogP contribution in [0.4, 0.5) is 4.79 Å². The van der Waals surface area contributed by atoms with Crippen LogP contribution in [0.15, 0.2) is 29.4 Å². The third kappa shape index (κ3) is 2.26. The molecule has 1 aliphatic rings. The van der Waals surface area contributed by atoms with Crippen LogP contribution in [-0.4, -0.2) is 30.8 Å². The first-order chi connectivity index (χ1) is 9.88. The predicted octanol–water partition coefficient (Wildman–Crippen LogP) is 0.0592. The topological polar surface area (TPSA) is 130 Å². The molecule has 1 aromatic heterocycles. The van der Waals surface area contributed by atoms with Gasteiger partial charge in [0.1, 0.15) is 5.75 Å². The molecule has 9 heteroatoms. The van der Waals surface area contributed by atoms with Crippen molar-refractivity contribution in [3.8, 4) is 16.9 Å². The van der Waals surface area contributed by atoms with Crippen molar-refractivity contribution in [3.05, 3.63) is 30.0 Å². The molecule has 0 fully saturated rings. The minimum absolute atomic E-state index is 0.235. The van der Waals surface area contributed by atoms with Crippen LogP contribution >= 0.6 is 0 Å². The van der Waals surface area contributed by atoms with Crippen LogP contribution in [0.3, 0.4) is 0 Å². The summed E-state index contributed by atoms with van der Waals surface area (Å²) in [4.78, 5) is 11.2. The maximum atomic E-state index is 11.7. The average molecular weight is 308 g/mol. The number of hydrogen-bond acceptors (Lipinski definition) is 5. The fraction of sp³-hybridized carbons (Fsp3) is 0.167. The molecule has 2 heterocycles. The Hall–Kier alpha value is -2.39. The highest BCUT2D eigenvalue weighted by molar-refractivity contribution is 7.89. The molecule has 0 saturated heterocycles. The quantitative estimate of drug-likeness (QED) is 0.810. The van der Waals surface area contributed by atoms with Crippen LogP contribution < -0.4 is 15.6 Å². The maximum absolute atomic E-state index is 11.7. The molecule has 21 heavy (non-hydrogen) atoms. The van der Waals surface area contributed by atoms with Gasteiger partial charge in [-0.2, -0.15) is 4.68 Å². The molecular weight excluding hydrogens is 296 g/mol. The summed E-state index contributed by atoms with van der Waals surface area (Å²) in [5.41, 5.74) is 6.83. The van der Waals surface area contributed by atoms with Crippen molar-refractivity contribution < 1.29 is 17.9 Å². The molecule has 2 aromatic rings. The number of nitrogens with zero attached hydrogens (tertiary/aromatic N) is 2. The Morgan fingerprint density at radius 1 is 1.33 bits per heavy atom. The predicted molar refractivity (Wildman–Crippen MR) is 73.2 cm³/mol. The average Bonchev–Trinajstić information content (AvgIpc) is 3.04. The lowest BCUT2D eigenvalue weighted by molar-refractivity contribution is 0.247. The van der Waals surface area contributed by atoms with Gasteiger partial charge in [0.05, 0.1) is 6.61 Å². The fourth-order valence-corrected chi connectivity index (χ4v) is 3.01. The highest BCUT2D eigenvalue weighted by atomic mass is 32.2. The summed E-state index contributed by atoms with van der Waals surface area (Å²) in [7, 11) is -4.09. The minimum atomic E-state index is -4.09. The number of nitrogens with two attached hydrogens (primary N) is 2. The van der Waals surface area contributed by atoms with Crippen LogP contribution in [0.25, 0.3) is 11.1 Å². The van der Waals surface area contributed by atoms with Gasteiger partial charge in [0.15, 0.2) is 5.03 Å². The molecule has 1 amide bonds. The van der Waals surface area contributed by atoms with Gasteiger partial charge in [0.25, 0.3) is 10.0 Å². The Bertz CT molecular complexity index is 841. The van der Waals surface area contributed by atoms with Crippen molar-refractivity contribution in [2.75, 3.05) is 6.61 Å². The second-order valence-corrected chi connectivity index (χ2v) is 6.03. The number of aromatic nitrogens is 2. The van der Waals surface area contributed by atoms with Crippen LogP contribution in [0.5, 0.6) is 5.75 Å². The van der Waals surface area contributed by atoms with E-state index < -0.39 is 16.1 Å². The number of fused-ring (bicyclic) bond motifs is 1. The van der Waals surface area contributed by atoms with E-state index in [9.17, 15) is 13.2 Å². The molecule has 0 atom stereocenters. The van der Waals surface area contributed by atoms with Gasteiger partial charge in [-0.3, -0.25) is 0 Å². The molecule has 0 spiro atoms. The Balaban J connectivity index is 2.28. The maximum Gasteiger partial charge on any atom is 0.339 e. The molecule has 1 aromatic carbocycles. The second-order valence-electron chi connectivity index (χ2n) is 4.56. The third-order valence-electron chi connectivity index (χ3n) is 3.21. The number of primary sulfonamides is 1. The lowest BCUT2D eigenvalue weighted by Crippen LogP contribution is -2.21. The number of carbonyl (C=O) groups is 1. The van der Waals surface area contributed by atoms with Crippen molar-refractivity contribution in [1.29, 1.82) is 0 Å². The first-order valence-electron chi connectivity index (χ1n) is 6.05. The number of benzene rings is 1. The largest absolute Gasteiger partial charge is 0.493 e. The van der Waals surface area contributed by atoms with Crippen LogP contribution in [0.2, 0.25) is 0 Å². The van der Waals surface area contributed by atoms with Crippen molar-refractivity contribution in [3.63, 3.8) is 0 Å². The zero-order valence-corrected chi connectivity index (χ0v) is 11.6. The number of carbonyl (C=O) groups excluding carboxylic acids is 1. The number of amides is 1. The summed E-state index contributed by atoms with van der Waals surface area (Å²) in [5, 5.41) is 8.45. The lowest BCUT2D eigenvalue weighted by Gasteiger charge is -2.06. The molecule has 110 valence electrons. The second kappa shape index (κ2) is 4.57. The number of ether oxygens (including phenoxy) is 1. The van der Waals surface area contributed by atoms with Gasteiger partial charge in [-0.15, -0.1) is 5.10 Å². The molecule has 4 N–H and O–H groups in total. The summed E-state index contributed by atoms with van der Waals surface area (Å²) in [6, 6.07) is 4.36. The van der Waals surface area contributed by atoms with E-state index >= 15 is 0 Å². The van der Waals surface area contributed by atoms with E-state index in [1.54, 1.807) is 18.2 Å². The first kappa shape index (κ1) is 13.6. The van der Waals surface area contributed by atoms with Gasteiger partial charge in [0, 0.05) is 23.7 Å². The monoisotopic (exact) mass is 308 g/mol. The van der Waals surface area contributed by atoms with E-state index in [0.29, 0.717) is 24.3 Å². The minimum Gasteiger partial charge on any atom is -0.493 e. The molecule has 0 bridgehead atoms. The molecule has 8 nitrogen and oxygen atoms in total. The van der Waals surface area contributed by atoms with Gasteiger partial charge in [-0.1, -0.05) is 12.1 Å². The Labute approximate surface area is 120 Å². The summed E-state index contributed by atoms with van der Waals surface area (Å²) in [6.45, 7) is 0.515. The molecule has 0 saturated carbocycles. The van der Waals surface area contributed by atoms with Gasteiger partial charge < -0.3 is 10.5 Å². The smallest absolute Gasteiger partial charge is 0.339 e. The fourth-order valence-electron chi connectivity index (χ4n) is 2.34. The van der Waals surface area contributed by atoms with Crippen molar-refractivity contribution in [1.82, 2.24) is 9.78 Å². The van der Waals surface area contributed by atoms with Crippen molar-refractivity contribution in [2.24, 2.45) is 10.9 Å². The third-order valence-corrected chi connectivity index (χ3v) is 4.05. The van der Waals surface area contributed by atoms with E-state index in [-0.39, 0.29) is 10.6 Å². The van der Waals surface area contributed by atoms with Crippen LogP contribution in [0, 0.1) is 0 Å². The normalized spacial score (nSPS) is 13.8. The number of hydrogen-bond donors (Lipinski definition) is 2. The first-order valence-corrected chi connectivity index (χ1v) is 7.60. The lowest BCUT2D eigenvalue weighted by atomic mass is 10.0. The Kier molecular flexibility index (Phi) is 2.96. The van der Waals surface area contributed by atoms with E-state index in [1.165, 1.54) is 6.20 Å². The zero-order valence-electron chi connectivity index (χ0n) is 10.8. The highest BCUT2D eigenvalue weighted by Gasteiger charge is 2.26. The van der Waals surface area contributed by atoms with Gasteiger partial charge >= 0.3 is 6.03 Å². The molecule has 0 unspecified atom stereocenters. The van der Waals surface area contributed by atoms with E-state index in [0.717, 1.165) is 10.2 Å². The molecule has 0 aliphatic carbocycles. The Morgan fingerprint density at radius 3 is 2.76 bits per heavy atom. The number of sulfonamides is 1. The summed E-state index contributed by atoms with van der Waals surface area (Å²) >= 11 is 0. The van der Waals surface area contributed by atoms with Gasteiger partial charge in [-0.05, 0) is 11.6 Å². The zero-order chi connectivity index (χ0) is 15.2. The van der Waals surface area contributed by atoms with Crippen molar-refractivity contribution in [2.45, 2.75) is 11.4 Å². The number of primary amides is 1. The number of rotatable bonds is 2. The van der Waals surface area contributed by atoms with Gasteiger partial charge in [-0.25, -0.2) is 18.4 Å². The van der Waals surface area contributed by atoms with E-state index in [1.807, 2.05) is 0 Å². The molecular formula is C12H12N4O4S. The molecule has 0 radical (unpaired) electrons.